The monoisotopic (exact) mass is 203 g/mol. The fraction of sp³-hybridized carbons (Fsp3) is 1.00. The van der Waals surface area contributed by atoms with Gasteiger partial charge in [-0.3, -0.25) is 0 Å². The van der Waals surface area contributed by atoms with E-state index in [0.29, 0.717) is 6.61 Å². The van der Waals surface area contributed by atoms with Crippen molar-refractivity contribution in [3.05, 3.63) is 0 Å². The highest BCUT2D eigenvalue weighted by atomic mass is 16.2. The van der Waals surface area contributed by atoms with Crippen molar-refractivity contribution >= 4 is 0 Å². The van der Waals surface area contributed by atoms with Crippen LogP contribution in [0.1, 0.15) is 47.0 Å². The third kappa shape index (κ3) is 8.52. The average molecular weight is 203 g/mol. The van der Waals surface area contributed by atoms with Crippen LogP contribution in [0, 0.1) is 5.92 Å². The maximum Gasteiger partial charge on any atom is 0.0431 e. The molecule has 14 heavy (non-hydrogen) atoms. The minimum atomic E-state index is 0.361. The molecule has 1 N–H and O–H groups in total. The third-order valence-electron chi connectivity index (χ3n) is 2.26. The lowest BCUT2D eigenvalue weighted by molar-refractivity contribution is 0.270. The van der Waals surface area contributed by atoms with E-state index in [1.807, 2.05) is 27.7 Å². The highest BCUT2D eigenvalue weighted by Gasteiger charge is 2.17. The molecule has 2 nitrogen and oxygen atoms in total. The summed E-state index contributed by atoms with van der Waals surface area (Å²) in [7, 11) is 2.17. The Morgan fingerprint density at radius 3 is 2.14 bits per heavy atom. The van der Waals surface area contributed by atoms with Gasteiger partial charge in [0.2, 0.25) is 0 Å². The van der Waals surface area contributed by atoms with Crippen molar-refractivity contribution in [2.24, 2.45) is 5.92 Å². The van der Waals surface area contributed by atoms with Crippen LogP contribution in [0.25, 0.3) is 0 Å². The van der Waals surface area contributed by atoms with Gasteiger partial charge < -0.3 is 10.0 Å². The smallest absolute Gasteiger partial charge is 0.0431 e. The first kappa shape index (κ1) is 16.4. The Balaban J connectivity index is 0. The Bertz CT molecular complexity index is 96.3. The SMILES string of the molecule is CC.CC.CN1CCC(CCCO)C1. The molecule has 0 aromatic rings. The van der Waals surface area contributed by atoms with Crippen molar-refractivity contribution in [3.63, 3.8) is 0 Å². The zero-order chi connectivity index (χ0) is 11.4. The Hall–Kier alpha value is -0.0800. The van der Waals surface area contributed by atoms with Gasteiger partial charge in [-0.15, -0.1) is 0 Å². The van der Waals surface area contributed by atoms with Crippen molar-refractivity contribution < 1.29 is 5.11 Å². The number of rotatable bonds is 3. The van der Waals surface area contributed by atoms with Crippen LogP contribution >= 0.6 is 0 Å². The molecule has 0 aromatic heterocycles. The quantitative estimate of drug-likeness (QED) is 0.762. The largest absolute Gasteiger partial charge is 0.396 e. The Morgan fingerprint density at radius 1 is 1.21 bits per heavy atom. The van der Waals surface area contributed by atoms with Crippen LogP contribution in [0.15, 0.2) is 0 Å². The van der Waals surface area contributed by atoms with Gasteiger partial charge >= 0.3 is 0 Å². The van der Waals surface area contributed by atoms with E-state index in [9.17, 15) is 0 Å². The highest BCUT2D eigenvalue weighted by molar-refractivity contribution is 4.72. The second kappa shape index (κ2) is 12.9. The Kier molecular flexibility index (Phi) is 15.1. The maximum absolute atomic E-state index is 8.58. The number of aliphatic hydroxyl groups excluding tert-OH is 1. The van der Waals surface area contributed by atoms with E-state index >= 15 is 0 Å². The first-order valence-electron chi connectivity index (χ1n) is 6.12. The molecule has 1 rings (SSSR count). The number of likely N-dealkylation sites (tertiary alicyclic amines) is 1. The van der Waals surface area contributed by atoms with Gasteiger partial charge in [-0.25, -0.2) is 0 Å². The van der Waals surface area contributed by atoms with Crippen LogP contribution in [0.5, 0.6) is 0 Å². The third-order valence-corrected chi connectivity index (χ3v) is 2.26. The van der Waals surface area contributed by atoms with Crippen molar-refractivity contribution in [3.8, 4) is 0 Å². The van der Waals surface area contributed by atoms with Crippen LogP contribution in [-0.2, 0) is 0 Å². The fourth-order valence-corrected chi connectivity index (χ4v) is 1.64. The first-order valence-corrected chi connectivity index (χ1v) is 6.12. The summed E-state index contributed by atoms with van der Waals surface area (Å²) in [4.78, 5) is 2.36. The topological polar surface area (TPSA) is 23.5 Å². The van der Waals surface area contributed by atoms with Crippen molar-refractivity contribution in [1.82, 2.24) is 4.90 Å². The summed E-state index contributed by atoms with van der Waals surface area (Å²) >= 11 is 0. The molecule has 88 valence electrons. The lowest BCUT2D eigenvalue weighted by Gasteiger charge is -2.08. The molecule has 0 saturated carbocycles. The average Bonchev–Trinajstić information content (AvgIpc) is 2.67. The number of hydrogen-bond donors (Lipinski definition) is 1. The molecule has 1 atom stereocenters. The maximum atomic E-state index is 8.58. The van der Waals surface area contributed by atoms with Crippen LogP contribution in [-0.4, -0.2) is 36.8 Å². The fourth-order valence-electron chi connectivity index (χ4n) is 1.64. The number of nitrogens with zero attached hydrogens (tertiary/aromatic N) is 1. The zero-order valence-electron chi connectivity index (χ0n) is 10.7. The summed E-state index contributed by atoms with van der Waals surface area (Å²) in [5.74, 6) is 0.858. The van der Waals surface area contributed by atoms with E-state index in [1.165, 1.54) is 25.9 Å². The molecule has 1 heterocycles. The molecule has 0 radical (unpaired) electrons. The van der Waals surface area contributed by atoms with Gasteiger partial charge in [-0.1, -0.05) is 27.7 Å². The number of hydrogen-bond acceptors (Lipinski definition) is 2. The van der Waals surface area contributed by atoms with E-state index in [-0.39, 0.29) is 0 Å². The zero-order valence-corrected chi connectivity index (χ0v) is 10.7. The van der Waals surface area contributed by atoms with Crippen molar-refractivity contribution in [2.45, 2.75) is 47.0 Å². The minimum Gasteiger partial charge on any atom is -0.396 e. The second-order valence-corrected chi connectivity index (χ2v) is 3.28. The normalized spacial score (nSPS) is 20.6. The van der Waals surface area contributed by atoms with Crippen LogP contribution in [0.3, 0.4) is 0 Å². The molecule has 1 fully saturated rings. The summed E-state index contributed by atoms with van der Waals surface area (Å²) in [5.41, 5.74) is 0. The van der Waals surface area contributed by atoms with Gasteiger partial charge in [0, 0.05) is 13.2 Å². The van der Waals surface area contributed by atoms with Gasteiger partial charge in [0.05, 0.1) is 0 Å². The molecule has 0 spiro atoms. The predicted octanol–water partition coefficient (Wildman–Crippen LogP) is 2.76. The highest BCUT2D eigenvalue weighted by Crippen LogP contribution is 2.18. The molecular weight excluding hydrogens is 174 g/mol. The van der Waals surface area contributed by atoms with Crippen molar-refractivity contribution in [1.29, 1.82) is 0 Å². The van der Waals surface area contributed by atoms with E-state index in [4.69, 9.17) is 5.11 Å². The lowest BCUT2D eigenvalue weighted by Crippen LogP contribution is -2.14. The molecule has 0 bridgehead atoms. The van der Waals surface area contributed by atoms with Crippen LogP contribution in [0.4, 0.5) is 0 Å². The molecular formula is C12H29NO. The molecule has 0 amide bonds. The van der Waals surface area contributed by atoms with Crippen molar-refractivity contribution in [2.75, 3.05) is 26.7 Å². The second-order valence-electron chi connectivity index (χ2n) is 3.28. The van der Waals surface area contributed by atoms with Gasteiger partial charge in [0.15, 0.2) is 0 Å². The molecule has 2 heteroatoms. The van der Waals surface area contributed by atoms with E-state index in [2.05, 4.69) is 11.9 Å². The molecule has 1 saturated heterocycles. The van der Waals surface area contributed by atoms with Gasteiger partial charge in [0.1, 0.15) is 0 Å². The lowest BCUT2D eigenvalue weighted by atomic mass is 10.0. The molecule has 0 aromatic carbocycles. The summed E-state index contributed by atoms with van der Waals surface area (Å²) in [6.45, 7) is 10.8. The van der Waals surface area contributed by atoms with Gasteiger partial charge in [-0.2, -0.15) is 0 Å². The minimum absolute atomic E-state index is 0.361. The molecule has 1 aliphatic heterocycles. The van der Waals surface area contributed by atoms with E-state index in [1.54, 1.807) is 0 Å². The Labute approximate surface area is 90.3 Å². The molecule has 1 aliphatic rings. The summed E-state index contributed by atoms with van der Waals surface area (Å²) < 4.78 is 0. The van der Waals surface area contributed by atoms with E-state index in [0.717, 1.165) is 12.3 Å². The standard InChI is InChI=1S/C8H17NO.2C2H6/c1-9-5-4-8(7-9)3-2-6-10;2*1-2/h8,10H,2-7H2,1H3;2*1-2H3. The summed E-state index contributed by atoms with van der Waals surface area (Å²) in [5, 5.41) is 8.58. The van der Waals surface area contributed by atoms with Gasteiger partial charge in [-0.05, 0) is 38.8 Å². The van der Waals surface area contributed by atoms with Crippen LogP contribution < -0.4 is 0 Å². The van der Waals surface area contributed by atoms with Crippen LogP contribution in [0.2, 0.25) is 0 Å². The predicted molar refractivity (Wildman–Crippen MR) is 64.6 cm³/mol. The van der Waals surface area contributed by atoms with Gasteiger partial charge in [0.25, 0.3) is 0 Å². The molecule has 0 aliphatic carbocycles. The first-order chi connectivity index (χ1) is 6.83. The number of aliphatic hydroxyl groups is 1. The molecule has 1 unspecified atom stereocenters. The van der Waals surface area contributed by atoms with E-state index < -0.39 is 0 Å². The summed E-state index contributed by atoms with van der Waals surface area (Å²) in [6, 6.07) is 0. The Morgan fingerprint density at radius 2 is 1.79 bits per heavy atom. The summed E-state index contributed by atoms with van der Waals surface area (Å²) in [6.07, 6.45) is 3.52.